The Hall–Kier alpha value is -5.96. The molecule has 264 valence electrons. The molecule has 0 aliphatic heterocycles. The van der Waals surface area contributed by atoms with E-state index in [1.54, 1.807) is 0 Å². The lowest BCUT2D eigenvalue weighted by Crippen LogP contribution is -2.10. The third kappa shape index (κ3) is 5.67. The number of fused-ring (bicyclic) bond motifs is 6. The molecule has 55 heavy (non-hydrogen) atoms. The Bertz CT molecular complexity index is 2810. The predicted molar refractivity (Wildman–Crippen MR) is 236 cm³/mol. The van der Waals surface area contributed by atoms with E-state index in [4.69, 9.17) is 0 Å². The summed E-state index contributed by atoms with van der Waals surface area (Å²) in [7, 11) is 0. The van der Waals surface area contributed by atoms with Crippen LogP contribution in [0.25, 0.3) is 64.3 Å². The van der Waals surface area contributed by atoms with Crippen LogP contribution in [0.3, 0.4) is 0 Å². The van der Waals surface area contributed by atoms with Gasteiger partial charge in [-0.15, -0.1) is 11.3 Å². The summed E-state index contributed by atoms with van der Waals surface area (Å²) in [6.45, 7) is 0. The number of thiophene rings is 1. The van der Waals surface area contributed by atoms with Crippen LogP contribution in [0.1, 0.15) is 37.2 Å². The average Bonchev–Trinajstić information content (AvgIpc) is 4.00. The van der Waals surface area contributed by atoms with Gasteiger partial charge in [0.25, 0.3) is 0 Å². The second-order valence-electron chi connectivity index (χ2n) is 15.7. The standard InChI is InChI=1S/C53H41NS/c1-2-9-38(10-3-1)45-14-6-11-41-12-7-15-46(52(41)45)39-27-31-44(32-28-39)54(49-16-8-18-51-53(49)47-13-4-5-17-50(47)55-51)43-29-25-37(26-30-43)36-21-23-40(24-22-36)48-34-35-19-20-42(48)33-35/h1-18,21-32,35,42,48H,19-20,33-34H2. The van der Waals surface area contributed by atoms with Crippen molar-refractivity contribution >= 4 is 59.3 Å². The molecule has 2 saturated carbocycles. The third-order valence-corrected chi connectivity index (χ3v) is 13.7. The van der Waals surface area contributed by atoms with Gasteiger partial charge in [0.1, 0.15) is 0 Å². The Kier molecular flexibility index (Phi) is 7.92. The summed E-state index contributed by atoms with van der Waals surface area (Å²) in [5.74, 6) is 2.63. The fraction of sp³-hybridized carbons (Fsp3) is 0.132. The summed E-state index contributed by atoms with van der Waals surface area (Å²) in [4.78, 5) is 2.45. The number of anilines is 3. The van der Waals surface area contributed by atoms with Crippen LogP contribution in [0.15, 0.2) is 182 Å². The molecular formula is C53H41NS. The van der Waals surface area contributed by atoms with Crippen LogP contribution >= 0.6 is 11.3 Å². The Morgan fingerprint density at radius 2 is 1.04 bits per heavy atom. The maximum atomic E-state index is 2.45. The van der Waals surface area contributed by atoms with Gasteiger partial charge < -0.3 is 4.90 Å². The van der Waals surface area contributed by atoms with Gasteiger partial charge >= 0.3 is 0 Å². The van der Waals surface area contributed by atoms with Crippen LogP contribution < -0.4 is 4.90 Å². The van der Waals surface area contributed by atoms with E-state index in [1.165, 1.54) is 101 Å². The van der Waals surface area contributed by atoms with Gasteiger partial charge in [0.15, 0.2) is 0 Å². The predicted octanol–water partition coefficient (Wildman–Crippen LogP) is 15.6. The Labute approximate surface area is 327 Å². The van der Waals surface area contributed by atoms with Crippen LogP contribution in [-0.4, -0.2) is 0 Å². The molecule has 3 atom stereocenters. The van der Waals surface area contributed by atoms with Crippen molar-refractivity contribution in [3.05, 3.63) is 188 Å². The van der Waals surface area contributed by atoms with Gasteiger partial charge in [0.2, 0.25) is 0 Å². The van der Waals surface area contributed by atoms with E-state index < -0.39 is 0 Å². The lowest BCUT2D eigenvalue weighted by atomic mass is 9.83. The van der Waals surface area contributed by atoms with Gasteiger partial charge in [-0.3, -0.25) is 0 Å². The summed E-state index contributed by atoms with van der Waals surface area (Å²) < 4.78 is 2.62. The van der Waals surface area contributed by atoms with Crippen molar-refractivity contribution in [2.24, 2.45) is 11.8 Å². The fourth-order valence-corrected chi connectivity index (χ4v) is 11.1. The summed E-state index contributed by atoms with van der Waals surface area (Å²) >= 11 is 1.87. The fourth-order valence-electron chi connectivity index (χ4n) is 9.98. The second-order valence-corrected chi connectivity index (χ2v) is 16.7. The molecule has 11 rings (SSSR count). The van der Waals surface area contributed by atoms with E-state index in [0.29, 0.717) is 0 Å². The number of hydrogen-bond donors (Lipinski definition) is 0. The minimum absolute atomic E-state index is 0.762. The Morgan fingerprint density at radius 1 is 0.436 bits per heavy atom. The largest absolute Gasteiger partial charge is 0.310 e. The minimum atomic E-state index is 0.762. The number of nitrogens with zero attached hydrogens (tertiary/aromatic N) is 1. The Balaban J connectivity index is 1.00. The highest BCUT2D eigenvalue weighted by Gasteiger charge is 2.40. The molecule has 1 heterocycles. The van der Waals surface area contributed by atoms with Crippen LogP contribution in [0.4, 0.5) is 17.1 Å². The first-order valence-electron chi connectivity index (χ1n) is 19.8. The zero-order valence-corrected chi connectivity index (χ0v) is 31.6. The van der Waals surface area contributed by atoms with E-state index in [9.17, 15) is 0 Å². The molecule has 0 radical (unpaired) electrons. The third-order valence-electron chi connectivity index (χ3n) is 12.6. The highest BCUT2D eigenvalue weighted by molar-refractivity contribution is 7.26. The number of benzene rings is 8. The molecule has 0 spiro atoms. The molecule has 2 heteroatoms. The van der Waals surface area contributed by atoms with Crippen molar-refractivity contribution < 1.29 is 0 Å². The van der Waals surface area contributed by atoms with E-state index in [2.05, 4.69) is 187 Å². The molecule has 2 aliphatic rings. The lowest BCUT2D eigenvalue weighted by Gasteiger charge is -2.27. The quantitative estimate of drug-likeness (QED) is 0.158. The van der Waals surface area contributed by atoms with Crippen LogP contribution in [0.5, 0.6) is 0 Å². The number of rotatable bonds is 7. The maximum Gasteiger partial charge on any atom is 0.0554 e. The summed E-state index contributed by atoms with van der Waals surface area (Å²) in [6, 6.07) is 67.6. The molecule has 2 aliphatic carbocycles. The zero-order chi connectivity index (χ0) is 36.3. The topological polar surface area (TPSA) is 3.24 Å². The molecule has 3 unspecified atom stereocenters. The molecule has 0 amide bonds. The van der Waals surface area contributed by atoms with Crippen LogP contribution in [0, 0.1) is 11.8 Å². The normalized spacial score (nSPS) is 17.7. The summed E-state index contributed by atoms with van der Waals surface area (Å²) in [6.07, 6.45) is 5.70. The minimum Gasteiger partial charge on any atom is -0.310 e. The van der Waals surface area contributed by atoms with Crippen molar-refractivity contribution in [3.8, 4) is 33.4 Å². The highest BCUT2D eigenvalue weighted by atomic mass is 32.1. The SMILES string of the molecule is c1ccc(-c2cccc3cccc(-c4ccc(N(c5ccc(-c6ccc(C7CC8CCC7C8)cc6)cc5)c5cccc6sc7ccccc7c56)cc4)c23)cc1. The van der Waals surface area contributed by atoms with Gasteiger partial charge in [0, 0.05) is 31.5 Å². The smallest absolute Gasteiger partial charge is 0.0554 e. The van der Waals surface area contributed by atoms with Crippen molar-refractivity contribution in [1.82, 2.24) is 0 Å². The van der Waals surface area contributed by atoms with Gasteiger partial charge in [-0.1, -0.05) is 146 Å². The first-order valence-corrected chi connectivity index (χ1v) is 20.7. The molecule has 0 saturated heterocycles. The van der Waals surface area contributed by atoms with Crippen molar-refractivity contribution in [3.63, 3.8) is 0 Å². The van der Waals surface area contributed by atoms with E-state index in [0.717, 1.165) is 29.1 Å². The first kappa shape index (κ1) is 32.5. The average molecular weight is 724 g/mol. The van der Waals surface area contributed by atoms with Crippen molar-refractivity contribution in [2.45, 2.75) is 31.6 Å². The van der Waals surface area contributed by atoms with E-state index in [-0.39, 0.29) is 0 Å². The molecule has 8 aromatic carbocycles. The molecule has 1 aromatic heterocycles. The zero-order valence-electron chi connectivity index (χ0n) is 30.7. The second kappa shape index (κ2) is 13.4. The molecule has 9 aromatic rings. The van der Waals surface area contributed by atoms with Gasteiger partial charge in [0.05, 0.1) is 5.69 Å². The van der Waals surface area contributed by atoms with Gasteiger partial charge in [-0.05, 0) is 129 Å². The monoisotopic (exact) mass is 723 g/mol. The summed E-state index contributed by atoms with van der Waals surface area (Å²) in [5, 5.41) is 5.14. The molecular weight excluding hydrogens is 683 g/mol. The highest BCUT2D eigenvalue weighted by Crippen LogP contribution is 2.53. The molecule has 2 bridgehead atoms. The molecule has 2 fully saturated rings. The van der Waals surface area contributed by atoms with Gasteiger partial charge in [-0.2, -0.15) is 0 Å². The van der Waals surface area contributed by atoms with E-state index >= 15 is 0 Å². The van der Waals surface area contributed by atoms with Crippen LogP contribution in [-0.2, 0) is 0 Å². The maximum absolute atomic E-state index is 2.45. The summed E-state index contributed by atoms with van der Waals surface area (Å²) in [5.41, 5.74) is 12.5. The van der Waals surface area contributed by atoms with Crippen molar-refractivity contribution in [1.29, 1.82) is 0 Å². The van der Waals surface area contributed by atoms with Gasteiger partial charge in [-0.25, -0.2) is 0 Å². The van der Waals surface area contributed by atoms with Crippen molar-refractivity contribution in [2.75, 3.05) is 4.90 Å². The molecule has 1 nitrogen and oxygen atoms in total. The molecule has 0 N–H and O–H groups in total. The Morgan fingerprint density at radius 3 is 1.71 bits per heavy atom. The van der Waals surface area contributed by atoms with E-state index in [1.807, 2.05) is 11.3 Å². The first-order chi connectivity index (χ1) is 27.2. The van der Waals surface area contributed by atoms with Crippen LogP contribution in [0.2, 0.25) is 0 Å². The number of hydrogen-bond acceptors (Lipinski definition) is 2. The lowest BCUT2D eigenvalue weighted by molar-refractivity contribution is 0.420.